The summed E-state index contributed by atoms with van der Waals surface area (Å²) < 4.78 is 20.6. The molecule has 1 saturated carbocycles. The van der Waals surface area contributed by atoms with Gasteiger partial charge in [-0.15, -0.1) is 0 Å². The number of aromatic nitrogens is 2. The highest BCUT2D eigenvalue weighted by molar-refractivity contribution is 5.90. The number of ether oxygens (including phenoxy) is 1. The zero-order valence-corrected chi connectivity index (χ0v) is 23.9. The summed E-state index contributed by atoms with van der Waals surface area (Å²) >= 11 is 0. The van der Waals surface area contributed by atoms with Gasteiger partial charge in [0.1, 0.15) is 11.9 Å². The molecule has 0 N–H and O–H groups in total. The van der Waals surface area contributed by atoms with Crippen molar-refractivity contribution in [2.45, 2.75) is 136 Å². The van der Waals surface area contributed by atoms with Crippen molar-refractivity contribution in [3.05, 3.63) is 47.5 Å². The Morgan fingerprint density at radius 2 is 1.45 bits per heavy atom. The van der Waals surface area contributed by atoms with Gasteiger partial charge in [0, 0.05) is 18.0 Å². The Kier molecular flexibility index (Phi) is 13.8. The fraction of sp³-hybridized carbons (Fsp3) is 0.667. The monoisotopic (exact) mass is 524 g/mol. The Bertz CT molecular complexity index is 939. The highest BCUT2D eigenvalue weighted by Gasteiger charge is 2.25. The standard InChI is InChI=1S/C33H49FN2O2/c1-3-5-7-9-10-12-13-15-26-17-20-29(21-18-26)38-33(37)30-22-19-28(23-31(30)34)32-35-24-27(25-36-32)16-14-11-8-6-4-2/h19,22-26,29H,3-18,20-21H2,1-2H3. The predicted molar refractivity (Wildman–Crippen MR) is 154 cm³/mol. The minimum atomic E-state index is -0.580. The van der Waals surface area contributed by atoms with E-state index in [1.807, 2.05) is 12.4 Å². The largest absolute Gasteiger partial charge is 0.459 e. The molecule has 1 aromatic heterocycles. The first kappa shape index (κ1) is 30.2. The Hall–Kier alpha value is -2.30. The van der Waals surface area contributed by atoms with Crippen LogP contribution in [-0.4, -0.2) is 22.0 Å². The van der Waals surface area contributed by atoms with E-state index in [4.69, 9.17) is 4.74 Å². The van der Waals surface area contributed by atoms with E-state index in [0.717, 1.165) is 50.0 Å². The molecule has 5 heteroatoms. The van der Waals surface area contributed by atoms with Gasteiger partial charge in [0.25, 0.3) is 0 Å². The molecule has 0 amide bonds. The van der Waals surface area contributed by atoms with Crippen molar-refractivity contribution >= 4 is 5.97 Å². The van der Waals surface area contributed by atoms with Crippen LogP contribution in [0, 0.1) is 11.7 Å². The molecule has 2 aromatic rings. The zero-order valence-electron chi connectivity index (χ0n) is 23.9. The van der Waals surface area contributed by atoms with E-state index in [1.54, 1.807) is 6.07 Å². The first-order valence-electron chi connectivity index (χ1n) is 15.4. The molecule has 0 unspecified atom stereocenters. The number of benzene rings is 1. The number of halogens is 1. The number of hydrogen-bond donors (Lipinski definition) is 0. The Balaban J connectivity index is 1.39. The van der Waals surface area contributed by atoms with Gasteiger partial charge in [-0.05, 0) is 62.1 Å². The number of nitrogens with zero attached hydrogens (tertiary/aromatic N) is 2. The number of rotatable bonds is 17. The molecule has 0 atom stereocenters. The van der Waals surface area contributed by atoms with Crippen molar-refractivity contribution in [3.63, 3.8) is 0 Å². The maximum Gasteiger partial charge on any atom is 0.341 e. The third-order valence-electron chi connectivity index (χ3n) is 8.00. The Morgan fingerprint density at radius 1 is 0.842 bits per heavy atom. The maximum absolute atomic E-state index is 14.9. The summed E-state index contributed by atoms with van der Waals surface area (Å²) in [4.78, 5) is 21.6. The lowest BCUT2D eigenvalue weighted by Crippen LogP contribution is -2.25. The highest BCUT2D eigenvalue weighted by Crippen LogP contribution is 2.31. The predicted octanol–water partition coefficient (Wildman–Crippen LogP) is 9.65. The van der Waals surface area contributed by atoms with Gasteiger partial charge >= 0.3 is 5.97 Å². The normalized spacial score (nSPS) is 17.4. The van der Waals surface area contributed by atoms with Gasteiger partial charge in [0.05, 0.1) is 5.56 Å². The van der Waals surface area contributed by atoms with Crippen molar-refractivity contribution in [1.82, 2.24) is 9.97 Å². The molecule has 4 nitrogen and oxygen atoms in total. The van der Waals surface area contributed by atoms with Crippen LogP contribution in [0.2, 0.25) is 0 Å². The van der Waals surface area contributed by atoms with Crippen LogP contribution < -0.4 is 0 Å². The third kappa shape index (κ3) is 10.5. The molecule has 1 aromatic carbocycles. The molecule has 210 valence electrons. The van der Waals surface area contributed by atoms with Gasteiger partial charge in [0.2, 0.25) is 0 Å². The van der Waals surface area contributed by atoms with Gasteiger partial charge in [-0.1, -0.05) is 97.0 Å². The van der Waals surface area contributed by atoms with Crippen molar-refractivity contribution in [1.29, 1.82) is 0 Å². The Labute approximate surface area is 230 Å². The van der Waals surface area contributed by atoms with Crippen molar-refractivity contribution in [2.24, 2.45) is 5.92 Å². The van der Waals surface area contributed by atoms with Crippen molar-refractivity contribution in [2.75, 3.05) is 0 Å². The molecule has 0 aliphatic heterocycles. The molecule has 0 radical (unpaired) electrons. The Morgan fingerprint density at radius 3 is 2.08 bits per heavy atom. The number of carbonyl (C=O) groups excluding carboxylic acids is 1. The average Bonchev–Trinajstić information content (AvgIpc) is 2.93. The molecule has 1 fully saturated rings. The minimum absolute atomic E-state index is 0.0114. The van der Waals surface area contributed by atoms with E-state index in [-0.39, 0.29) is 11.7 Å². The van der Waals surface area contributed by atoms with Crippen LogP contribution in [0.3, 0.4) is 0 Å². The van der Waals surface area contributed by atoms with E-state index < -0.39 is 11.8 Å². The van der Waals surface area contributed by atoms with Gasteiger partial charge < -0.3 is 4.74 Å². The summed E-state index contributed by atoms with van der Waals surface area (Å²) in [6.45, 7) is 4.47. The molecule has 0 spiro atoms. The van der Waals surface area contributed by atoms with Crippen molar-refractivity contribution < 1.29 is 13.9 Å². The summed E-state index contributed by atoms with van der Waals surface area (Å²) in [6, 6.07) is 4.55. The molecule has 3 rings (SSSR count). The molecule has 1 aliphatic carbocycles. The van der Waals surface area contributed by atoms with Crippen LogP contribution in [0.25, 0.3) is 11.4 Å². The topological polar surface area (TPSA) is 52.1 Å². The molecule has 38 heavy (non-hydrogen) atoms. The lowest BCUT2D eigenvalue weighted by Gasteiger charge is -2.28. The van der Waals surface area contributed by atoms with Gasteiger partial charge in [-0.25, -0.2) is 19.2 Å². The van der Waals surface area contributed by atoms with Gasteiger partial charge in [-0.2, -0.15) is 0 Å². The summed E-state index contributed by atoms with van der Waals surface area (Å²) in [6.07, 6.45) is 25.3. The average molecular weight is 525 g/mol. The second kappa shape index (κ2) is 17.3. The summed E-state index contributed by atoms with van der Waals surface area (Å²) in [7, 11) is 0. The number of esters is 1. The van der Waals surface area contributed by atoms with Crippen LogP contribution in [0.15, 0.2) is 30.6 Å². The molecular weight excluding hydrogens is 475 g/mol. The zero-order chi connectivity index (χ0) is 27.0. The summed E-state index contributed by atoms with van der Waals surface area (Å²) in [5.41, 5.74) is 1.66. The first-order valence-corrected chi connectivity index (χ1v) is 15.4. The molecule has 1 heterocycles. The van der Waals surface area contributed by atoms with Crippen LogP contribution >= 0.6 is 0 Å². The number of unbranched alkanes of at least 4 members (excludes halogenated alkanes) is 10. The van der Waals surface area contributed by atoms with Crippen LogP contribution in [-0.2, 0) is 11.2 Å². The second-order valence-electron chi connectivity index (χ2n) is 11.2. The fourth-order valence-electron chi connectivity index (χ4n) is 5.53. The third-order valence-corrected chi connectivity index (χ3v) is 8.00. The van der Waals surface area contributed by atoms with E-state index in [2.05, 4.69) is 23.8 Å². The summed E-state index contributed by atoms with van der Waals surface area (Å²) in [5, 5.41) is 0. The lowest BCUT2D eigenvalue weighted by atomic mass is 9.84. The van der Waals surface area contributed by atoms with E-state index in [9.17, 15) is 9.18 Å². The SMILES string of the molecule is CCCCCCCCCC1CCC(OC(=O)c2ccc(-c3ncc(CCCCCCC)cn3)cc2F)CC1. The molecule has 0 saturated heterocycles. The first-order chi connectivity index (χ1) is 18.6. The highest BCUT2D eigenvalue weighted by atomic mass is 19.1. The summed E-state index contributed by atoms with van der Waals surface area (Å²) in [5.74, 6) is 0.0644. The second-order valence-corrected chi connectivity index (χ2v) is 11.2. The number of aryl methyl sites for hydroxylation is 1. The minimum Gasteiger partial charge on any atom is -0.459 e. The van der Waals surface area contributed by atoms with Crippen LogP contribution in [0.4, 0.5) is 4.39 Å². The smallest absolute Gasteiger partial charge is 0.341 e. The maximum atomic E-state index is 14.9. The van der Waals surface area contributed by atoms with Crippen molar-refractivity contribution in [3.8, 4) is 11.4 Å². The molecule has 1 aliphatic rings. The quantitative estimate of drug-likeness (QED) is 0.153. The van der Waals surface area contributed by atoms with Gasteiger partial charge in [0.15, 0.2) is 5.82 Å². The lowest BCUT2D eigenvalue weighted by molar-refractivity contribution is 0.0156. The van der Waals surface area contributed by atoms with Crippen LogP contribution in [0.5, 0.6) is 0 Å². The molecule has 0 bridgehead atoms. The van der Waals surface area contributed by atoms with E-state index >= 15 is 0 Å². The fourth-order valence-corrected chi connectivity index (χ4v) is 5.53. The molecular formula is C33H49FN2O2. The number of carbonyl (C=O) groups is 1. The van der Waals surface area contributed by atoms with Crippen LogP contribution in [0.1, 0.15) is 139 Å². The van der Waals surface area contributed by atoms with Gasteiger partial charge in [-0.3, -0.25) is 0 Å². The number of hydrogen-bond acceptors (Lipinski definition) is 4. The van der Waals surface area contributed by atoms with E-state index in [1.165, 1.54) is 89.2 Å². The van der Waals surface area contributed by atoms with E-state index in [0.29, 0.717) is 11.4 Å².